The van der Waals surface area contributed by atoms with Crippen LogP contribution in [-0.4, -0.2) is 27.3 Å². The summed E-state index contributed by atoms with van der Waals surface area (Å²) in [5.74, 6) is 2.42. The van der Waals surface area contributed by atoms with Gasteiger partial charge in [-0.25, -0.2) is 0 Å². The lowest BCUT2D eigenvalue weighted by atomic mass is 10.1. The number of ether oxygens (including phenoxy) is 1. The summed E-state index contributed by atoms with van der Waals surface area (Å²) in [6.07, 6.45) is 4.50. The van der Waals surface area contributed by atoms with Crippen molar-refractivity contribution in [2.45, 2.75) is 46.1 Å². The summed E-state index contributed by atoms with van der Waals surface area (Å²) < 4.78 is 7.83. The molecule has 1 N–H and O–H groups in total. The van der Waals surface area contributed by atoms with Gasteiger partial charge in [-0.2, -0.15) is 0 Å². The van der Waals surface area contributed by atoms with Crippen molar-refractivity contribution in [3.05, 3.63) is 59.4 Å². The zero-order chi connectivity index (χ0) is 20.2. The number of nitrogens with one attached hydrogen (secondary N) is 1. The van der Waals surface area contributed by atoms with Gasteiger partial charge in [0.05, 0.1) is 0 Å². The largest absolute Gasteiger partial charge is 0.484 e. The molecule has 2 heterocycles. The smallest absolute Gasteiger partial charge is 0.262 e. The number of rotatable bonds is 5. The molecule has 0 bridgehead atoms. The zero-order valence-corrected chi connectivity index (χ0v) is 16.9. The maximum Gasteiger partial charge on any atom is 0.262 e. The Bertz CT molecular complexity index is 1030. The van der Waals surface area contributed by atoms with E-state index in [-0.39, 0.29) is 12.5 Å². The number of hydrogen-bond donors (Lipinski definition) is 1. The topological polar surface area (TPSA) is 69.0 Å². The van der Waals surface area contributed by atoms with Gasteiger partial charge >= 0.3 is 0 Å². The third kappa shape index (κ3) is 4.47. The molecule has 1 aromatic heterocycles. The highest BCUT2D eigenvalue weighted by Crippen LogP contribution is 2.25. The molecule has 0 atom stereocenters. The second-order valence-electron chi connectivity index (χ2n) is 7.57. The third-order valence-corrected chi connectivity index (χ3v) is 5.36. The van der Waals surface area contributed by atoms with Gasteiger partial charge in [0.1, 0.15) is 11.6 Å². The number of aryl methyl sites for hydroxylation is 3. The molecule has 1 aliphatic rings. The molecule has 0 aliphatic carbocycles. The predicted molar refractivity (Wildman–Crippen MR) is 113 cm³/mol. The van der Waals surface area contributed by atoms with E-state index in [2.05, 4.69) is 20.1 Å². The van der Waals surface area contributed by atoms with Crippen molar-refractivity contribution < 1.29 is 9.53 Å². The summed E-state index contributed by atoms with van der Waals surface area (Å²) >= 11 is 0. The molecule has 0 spiro atoms. The fraction of sp³-hybridized carbons (Fsp3) is 0.348. The summed E-state index contributed by atoms with van der Waals surface area (Å²) in [6, 6.07) is 13.6. The standard InChI is InChI=1S/C23H26N4O2/c1-16-10-11-20(13-17(16)2)29-15-22(28)24-19-8-6-7-18(14-19)23-26-25-21-9-4-3-5-12-27(21)23/h6-8,10-11,13-14H,3-5,9,12,15H2,1-2H3,(H,24,28). The molecule has 0 saturated heterocycles. The molecule has 1 aliphatic heterocycles. The minimum Gasteiger partial charge on any atom is -0.484 e. The Hall–Kier alpha value is -3.15. The molecule has 0 unspecified atom stereocenters. The Labute approximate surface area is 170 Å². The van der Waals surface area contributed by atoms with Crippen LogP contribution in [0, 0.1) is 13.8 Å². The number of amides is 1. The molecule has 0 radical (unpaired) electrons. The summed E-state index contributed by atoms with van der Waals surface area (Å²) in [5, 5.41) is 11.7. The van der Waals surface area contributed by atoms with Crippen molar-refractivity contribution in [2.75, 3.05) is 11.9 Å². The van der Waals surface area contributed by atoms with Crippen LogP contribution in [0.25, 0.3) is 11.4 Å². The first-order valence-corrected chi connectivity index (χ1v) is 10.1. The fourth-order valence-corrected chi connectivity index (χ4v) is 3.58. The second-order valence-corrected chi connectivity index (χ2v) is 7.57. The van der Waals surface area contributed by atoms with E-state index in [9.17, 15) is 4.79 Å². The molecule has 1 amide bonds. The number of carbonyl (C=O) groups is 1. The SMILES string of the molecule is Cc1ccc(OCC(=O)Nc2cccc(-c3nnc4n3CCCCC4)c2)cc1C. The van der Waals surface area contributed by atoms with Crippen LogP contribution in [0.4, 0.5) is 5.69 Å². The van der Waals surface area contributed by atoms with Crippen LogP contribution in [0.1, 0.15) is 36.2 Å². The Balaban J connectivity index is 1.43. The quantitative estimate of drug-likeness (QED) is 0.705. The Kier molecular flexibility index (Phi) is 5.60. The number of carbonyl (C=O) groups excluding carboxylic acids is 1. The van der Waals surface area contributed by atoms with Gasteiger partial charge in [-0.05, 0) is 62.1 Å². The van der Waals surface area contributed by atoms with Gasteiger partial charge in [0.15, 0.2) is 12.4 Å². The number of fused-ring (bicyclic) bond motifs is 1. The van der Waals surface area contributed by atoms with E-state index in [1.807, 2.05) is 56.3 Å². The highest BCUT2D eigenvalue weighted by Gasteiger charge is 2.16. The van der Waals surface area contributed by atoms with E-state index in [0.29, 0.717) is 5.75 Å². The summed E-state index contributed by atoms with van der Waals surface area (Å²) in [7, 11) is 0. The van der Waals surface area contributed by atoms with Gasteiger partial charge in [-0.15, -0.1) is 10.2 Å². The van der Waals surface area contributed by atoms with Crippen LogP contribution < -0.4 is 10.1 Å². The van der Waals surface area contributed by atoms with Crippen LogP contribution in [0.15, 0.2) is 42.5 Å². The molecule has 6 nitrogen and oxygen atoms in total. The summed E-state index contributed by atoms with van der Waals surface area (Å²) in [5.41, 5.74) is 4.02. The van der Waals surface area contributed by atoms with Crippen LogP contribution in [0.3, 0.4) is 0 Å². The lowest BCUT2D eigenvalue weighted by molar-refractivity contribution is -0.118. The van der Waals surface area contributed by atoms with Crippen LogP contribution in [-0.2, 0) is 17.8 Å². The third-order valence-electron chi connectivity index (χ3n) is 5.36. The molecular weight excluding hydrogens is 364 g/mol. The van der Waals surface area contributed by atoms with E-state index in [4.69, 9.17) is 4.74 Å². The maximum atomic E-state index is 12.3. The molecular formula is C23H26N4O2. The molecule has 0 fully saturated rings. The van der Waals surface area contributed by atoms with Gasteiger partial charge < -0.3 is 14.6 Å². The summed E-state index contributed by atoms with van der Waals surface area (Å²) in [4.78, 5) is 12.3. The molecule has 6 heteroatoms. The highest BCUT2D eigenvalue weighted by atomic mass is 16.5. The number of aromatic nitrogens is 3. The van der Waals surface area contributed by atoms with Crippen molar-refractivity contribution in [3.8, 4) is 17.1 Å². The predicted octanol–water partition coefficient (Wildman–Crippen LogP) is 4.31. The number of nitrogens with zero attached hydrogens (tertiary/aromatic N) is 3. The number of anilines is 1. The van der Waals surface area contributed by atoms with E-state index < -0.39 is 0 Å². The zero-order valence-electron chi connectivity index (χ0n) is 16.9. The lowest BCUT2D eigenvalue weighted by Gasteiger charge is -2.11. The van der Waals surface area contributed by atoms with Crippen molar-refractivity contribution >= 4 is 11.6 Å². The normalized spacial score (nSPS) is 13.4. The average molecular weight is 390 g/mol. The van der Waals surface area contributed by atoms with Gasteiger partial charge in [-0.1, -0.05) is 24.6 Å². The Morgan fingerprint density at radius 1 is 1.07 bits per heavy atom. The molecule has 2 aromatic carbocycles. The Morgan fingerprint density at radius 3 is 2.83 bits per heavy atom. The first kappa shape index (κ1) is 19.2. The van der Waals surface area contributed by atoms with E-state index in [1.165, 1.54) is 12.0 Å². The van der Waals surface area contributed by atoms with E-state index in [1.54, 1.807) is 0 Å². The van der Waals surface area contributed by atoms with Gasteiger partial charge in [0.2, 0.25) is 0 Å². The van der Waals surface area contributed by atoms with Gasteiger partial charge in [-0.3, -0.25) is 4.79 Å². The summed E-state index contributed by atoms with van der Waals surface area (Å²) in [6.45, 7) is 4.98. The molecule has 4 rings (SSSR count). The molecule has 29 heavy (non-hydrogen) atoms. The number of benzene rings is 2. The molecule has 0 saturated carbocycles. The van der Waals surface area contributed by atoms with Crippen molar-refractivity contribution in [2.24, 2.45) is 0 Å². The highest BCUT2D eigenvalue weighted by molar-refractivity contribution is 5.92. The molecule has 3 aromatic rings. The maximum absolute atomic E-state index is 12.3. The van der Waals surface area contributed by atoms with Crippen molar-refractivity contribution in [3.63, 3.8) is 0 Å². The van der Waals surface area contributed by atoms with Gasteiger partial charge in [0, 0.05) is 24.2 Å². The molecule has 150 valence electrons. The monoisotopic (exact) mass is 390 g/mol. The fourth-order valence-electron chi connectivity index (χ4n) is 3.58. The Morgan fingerprint density at radius 2 is 1.97 bits per heavy atom. The lowest BCUT2D eigenvalue weighted by Crippen LogP contribution is -2.20. The van der Waals surface area contributed by atoms with Crippen molar-refractivity contribution in [1.82, 2.24) is 14.8 Å². The van der Waals surface area contributed by atoms with Crippen LogP contribution >= 0.6 is 0 Å². The first-order valence-electron chi connectivity index (χ1n) is 10.1. The minimum absolute atomic E-state index is 0.0347. The van der Waals surface area contributed by atoms with Crippen molar-refractivity contribution in [1.29, 1.82) is 0 Å². The van der Waals surface area contributed by atoms with Gasteiger partial charge in [0.25, 0.3) is 5.91 Å². The van der Waals surface area contributed by atoms with Crippen LogP contribution in [0.5, 0.6) is 5.75 Å². The average Bonchev–Trinajstić information content (AvgIpc) is 2.97. The van der Waals surface area contributed by atoms with Crippen LogP contribution in [0.2, 0.25) is 0 Å². The number of hydrogen-bond acceptors (Lipinski definition) is 4. The first-order chi connectivity index (χ1) is 14.1. The minimum atomic E-state index is -0.194. The second kappa shape index (κ2) is 8.47. The van der Waals surface area contributed by atoms with E-state index in [0.717, 1.165) is 54.3 Å². The van der Waals surface area contributed by atoms with E-state index >= 15 is 0 Å².